The second-order valence-corrected chi connectivity index (χ2v) is 3.77. The highest BCUT2D eigenvalue weighted by molar-refractivity contribution is 5.23. The lowest BCUT2D eigenvalue weighted by Gasteiger charge is -2.16. The number of hydrogen-bond donors (Lipinski definition) is 4. The summed E-state index contributed by atoms with van der Waals surface area (Å²) in [5.74, 6) is 0.0537. The minimum Gasteiger partial charge on any atom is -0.394 e. The topological polar surface area (TPSA) is 131 Å². The van der Waals surface area contributed by atoms with E-state index in [1.54, 1.807) is 0 Å². The van der Waals surface area contributed by atoms with E-state index in [1.165, 1.54) is 12.3 Å². The van der Waals surface area contributed by atoms with E-state index in [0.29, 0.717) is 0 Å². The highest BCUT2D eigenvalue weighted by atomic mass is 16.6. The Balaban J connectivity index is 2.32. The number of aliphatic hydroxyl groups is 3. The zero-order chi connectivity index (χ0) is 12.6. The molecule has 1 fully saturated rings. The maximum atomic E-state index is 11.5. The summed E-state index contributed by atoms with van der Waals surface area (Å²) in [7, 11) is 0. The van der Waals surface area contributed by atoms with Crippen LogP contribution in [0.15, 0.2) is 17.1 Å². The van der Waals surface area contributed by atoms with Crippen LogP contribution in [-0.2, 0) is 4.74 Å². The molecule has 94 valence electrons. The van der Waals surface area contributed by atoms with Gasteiger partial charge in [0, 0.05) is 6.20 Å². The van der Waals surface area contributed by atoms with Crippen molar-refractivity contribution >= 4 is 5.82 Å². The molecule has 1 aliphatic rings. The molecule has 2 unspecified atom stereocenters. The van der Waals surface area contributed by atoms with Crippen molar-refractivity contribution in [1.82, 2.24) is 9.55 Å². The summed E-state index contributed by atoms with van der Waals surface area (Å²) >= 11 is 0. The first-order valence-electron chi connectivity index (χ1n) is 5.01. The molecule has 0 aromatic carbocycles. The van der Waals surface area contributed by atoms with Crippen LogP contribution in [0.3, 0.4) is 0 Å². The lowest BCUT2D eigenvalue weighted by atomic mass is 10.1. The Morgan fingerprint density at radius 1 is 1.47 bits per heavy atom. The smallest absolute Gasteiger partial charge is 0.351 e. The first-order valence-corrected chi connectivity index (χ1v) is 5.01. The molecular weight excluding hydrogens is 230 g/mol. The Labute approximate surface area is 95.9 Å². The summed E-state index contributed by atoms with van der Waals surface area (Å²) in [4.78, 5) is 15.0. The molecule has 0 aliphatic carbocycles. The molecule has 4 atom stereocenters. The number of nitrogens with zero attached hydrogens (tertiary/aromatic N) is 2. The van der Waals surface area contributed by atoms with E-state index >= 15 is 0 Å². The van der Waals surface area contributed by atoms with Crippen LogP contribution in [0.4, 0.5) is 5.82 Å². The third-order valence-electron chi connectivity index (χ3n) is 2.64. The third-order valence-corrected chi connectivity index (χ3v) is 2.64. The van der Waals surface area contributed by atoms with Crippen LogP contribution in [0, 0.1) is 0 Å². The van der Waals surface area contributed by atoms with Crippen molar-refractivity contribution in [1.29, 1.82) is 0 Å². The zero-order valence-electron chi connectivity index (χ0n) is 8.80. The molecule has 2 rings (SSSR count). The average Bonchev–Trinajstić information content (AvgIpc) is 2.57. The molecular formula is C9H13N3O5. The standard InChI is InChI=1S/C9H13N3O5/c10-5-1-2-12(9(16)11-5)8-7(15)6(14)4(3-13)17-8/h1-2,4,6-8,13-15H,3H2,(H2,10,11,16)/t4-,6+,7?,8?/m1/s1. The molecule has 0 amide bonds. The molecule has 0 spiro atoms. The van der Waals surface area contributed by atoms with E-state index in [1.807, 2.05) is 0 Å². The molecule has 1 aromatic rings. The van der Waals surface area contributed by atoms with Crippen molar-refractivity contribution in [2.24, 2.45) is 0 Å². The number of anilines is 1. The van der Waals surface area contributed by atoms with Crippen LogP contribution in [0.1, 0.15) is 6.23 Å². The first kappa shape index (κ1) is 12.0. The summed E-state index contributed by atoms with van der Waals surface area (Å²) in [6, 6.07) is 1.37. The van der Waals surface area contributed by atoms with E-state index in [4.69, 9.17) is 15.6 Å². The summed E-state index contributed by atoms with van der Waals surface area (Å²) < 4.78 is 6.19. The van der Waals surface area contributed by atoms with Crippen molar-refractivity contribution in [2.45, 2.75) is 24.5 Å². The van der Waals surface area contributed by atoms with Crippen molar-refractivity contribution < 1.29 is 20.1 Å². The lowest BCUT2D eigenvalue weighted by molar-refractivity contribution is -0.0549. The van der Waals surface area contributed by atoms with Crippen LogP contribution in [-0.4, -0.2) is 49.8 Å². The zero-order valence-corrected chi connectivity index (χ0v) is 8.80. The van der Waals surface area contributed by atoms with Crippen LogP contribution in [0.25, 0.3) is 0 Å². The van der Waals surface area contributed by atoms with E-state index in [0.717, 1.165) is 4.57 Å². The van der Waals surface area contributed by atoms with Gasteiger partial charge in [-0.3, -0.25) is 4.57 Å². The second kappa shape index (κ2) is 4.41. The summed E-state index contributed by atoms with van der Waals surface area (Å²) in [6.07, 6.45) is -3.27. The van der Waals surface area contributed by atoms with Gasteiger partial charge in [0.2, 0.25) is 0 Å². The number of hydrogen-bond acceptors (Lipinski definition) is 7. The first-order chi connectivity index (χ1) is 8.04. The highest BCUT2D eigenvalue weighted by Crippen LogP contribution is 2.27. The van der Waals surface area contributed by atoms with E-state index in [-0.39, 0.29) is 5.82 Å². The minimum atomic E-state index is -1.31. The summed E-state index contributed by atoms with van der Waals surface area (Å²) in [5, 5.41) is 28.2. The Morgan fingerprint density at radius 3 is 2.71 bits per heavy atom. The van der Waals surface area contributed by atoms with Gasteiger partial charge in [-0.1, -0.05) is 0 Å². The summed E-state index contributed by atoms with van der Waals surface area (Å²) in [5.41, 5.74) is 4.63. The molecule has 1 saturated heterocycles. The number of aliphatic hydroxyl groups excluding tert-OH is 3. The maximum Gasteiger partial charge on any atom is 0.351 e. The number of rotatable bonds is 2. The predicted octanol–water partition coefficient (Wildman–Crippen LogP) is -2.56. The van der Waals surface area contributed by atoms with Crippen molar-refractivity contribution in [2.75, 3.05) is 12.3 Å². The molecule has 8 heteroatoms. The molecule has 5 N–H and O–H groups in total. The largest absolute Gasteiger partial charge is 0.394 e. The van der Waals surface area contributed by atoms with E-state index < -0.39 is 36.8 Å². The van der Waals surface area contributed by atoms with Crippen molar-refractivity contribution in [3.8, 4) is 0 Å². The Bertz CT molecular complexity index is 462. The van der Waals surface area contributed by atoms with Gasteiger partial charge in [0.1, 0.15) is 24.1 Å². The van der Waals surface area contributed by atoms with Crippen LogP contribution in [0.2, 0.25) is 0 Å². The van der Waals surface area contributed by atoms with E-state index in [9.17, 15) is 15.0 Å². The quantitative estimate of drug-likeness (QED) is 0.449. The lowest BCUT2D eigenvalue weighted by Crippen LogP contribution is -2.36. The predicted molar refractivity (Wildman–Crippen MR) is 55.9 cm³/mol. The minimum absolute atomic E-state index is 0.0537. The number of aromatic nitrogens is 2. The average molecular weight is 243 g/mol. The fourth-order valence-electron chi connectivity index (χ4n) is 1.73. The van der Waals surface area contributed by atoms with Crippen molar-refractivity contribution in [3.63, 3.8) is 0 Å². The number of nitrogens with two attached hydrogens (primary N) is 1. The Kier molecular flexibility index (Phi) is 3.11. The Hall–Kier alpha value is -1.48. The van der Waals surface area contributed by atoms with Gasteiger partial charge in [-0.15, -0.1) is 0 Å². The normalized spacial score (nSPS) is 32.9. The number of ether oxygens (including phenoxy) is 1. The van der Waals surface area contributed by atoms with Gasteiger partial charge in [0.25, 0.3) is 0 Å². The molecule has 0 radical (unpaired) electrons. The second-order valence-electron chi connectivity index (χ2n) is 3.77. The number of nitrogen functional groups attached to an aromatic ring is 1. The fourth-order valence-corrected chi connectivity index (χ4v) is 1.73. The van der Waals surface area contributed by atoms with Gasteiger partial charge in [-0.05, 0) is 6.07 Å². The van der Waals surface area contributed by atoms with Crippen LogP contribution >= 0.6 is 0 Å². The molecule has 1 aromatic heterocycles. The van der Waals surface area contributed by atoms with Gasteiger partial charge in [0.05, 0.1) is 6.61 Å². The van der Waals surface area contributed by atoms with Crippen molar-refractivity contribution in [3.05, 3.63) is 22.7 Å². The van der Waals surface area contributed by atoms with E-state index in [2.05, 4.69) is 4.98 Å². The molecule has 1 aliphatic heterocycles. The van der Waals surface area contributed by atoms with Gasteiger partial charge in [0.15, 0.2) is 6.23 Å². The van der Waals surface area contributed by atoms with Gasteiger partial charge < -0.3 is 25.8 Å². The van der Waals surface area contributed by atoms with Crippen LogP contribution < -0.4 is 11.4 Å². The molecule has 0 bridgehead atoms. The monoisotopic (exact) mass is 243 g/mol. The van der Waals surface area contributed by atoms with Gasteiger partial charge >= 0.3 is 5.69 Å². The van der Waals surface area contributed by atoms with Gasteiger partial charge in [-0.25, -0.2) is 4.79 Å². The fraction of sp³-hybridized carbons (Fsp3) is 0.556. The third kappa shape index (κ3) is 2.03. The van der Waals surface area contributed by atoms with Gasteiger partial charge in [-0.2, -0.15) is 4.98 Å². The highest BCUT2D eigenvalue weighted by Gasteiger charge is 2.43. The Morgan fingerprint density at radius 2 is 2.18 bits per heavy atom. The summed E-state index contributed by atoms with van der Waals surface area (Å²) in [6.45, 7) is -0.453. The maximum absolute atomic E-state index is 11.5. The molecule has 0 saturated carbocycles. The SMILES string of the molecule is Nc1ccn(C2O[C@H](CO)[C@H](O)C2O)c(=O)n1. The molecule has 17 heavy (non-hydrogen) atoms. The molecule has 8 nitrogen and oxygen atoms in total. The molecule has 2 heterocycles. The van der Waals surface area contributed by atoms with Crippen LogP contribution in [0.5, 0.6) is 0 Å².